The summed E-state index contributed by atoms with van der Waals surface area (Å²) < 4.78 is 36.0. The monoisotopic (exact) mass is 310 g/mol. The second-order valence-corrected chi connectivity index (χ2v) is 4.27. The van der Waals surface area contributed by atoms with Gasteiger partial charge in [0.05, 0.1) is 13.1 Å². The Bertz CT molecular complexity index is 617. The minimum Gasteiger partial charge on any atom is -0.489 e. The Morgan fingerprint density at radius 3 is 2.86 bits per heavy atom. The van der Waals surface area contributed by atoms with Gasteiger partial charge in [-0.3, -0.25) is 4.99 Å². The molecule has 2 N–H and O–H groups in total. The minimum absolute atomic E-state index is 0.00810. The van der Waals surface area contributed by atoms with E-state index in [0.717, 1.165) is 17.8 Å². The maximum atomic E-state index is 13.3. The topological polar surface area (TPSA) is 71.7 Å². The molecular formula is C14H16F2N4O2. The van der Waals surface area contributed by atoms with Crippen LogP contribution in [-0.2, 0) is 6.54 Å². The number of halogens is 2. The SMILES string of the molecule is CN=C(NCCOc1ccc(F)cc1F)NCc1ccon1. The summed E-state index contributed by atoms with van der Waals surface area (Å²) in [6, 6.07) is 4.91. The lowest BCUT2D eigenvalue weighted by atomic mass is 10.3. The Balaban J connectivity index is 1.70. The van der Waals surface area contributed by atoms with E-state index in [4.69, 9.17) is 9.26 Å². The number of hydrogen-bond donors (Lipinski definition) is 2. The molecule has 2 rings (SSSR count). The summed E-state index contributed by atoms with van der Waals surface area (Å²) in [6.07, 6.45) is 1.48. The van der Waals surface area contributed by atoms with Gasteiger partial charge in [0.15, 0.2) is 17.5 Å². The number of guanidine groups is 1. The number of benzene rings is 1. The third-order valence-electron chi connectivity index (χ3n) is 2.70. The molecule has 0 bridgehead atoms. The van der Waals surface area contributed by atoms with Crippen molar-refractivity contribution in [2.45, 2.75) is 6.54 Å². The molecule has 0 fully saturated rings. The Morgan fingerprint density at radius 2 is 2.18 bits per heavy atom. The summed E-state index contributed by atoms with van der Waals surface area (Å²) in [5, 5.41) is 9.78. The molecule has 0 atom stereocenters. The van der Waals surface area contributed by atoms with E-state index in [-0.39, 0.29) is 12.4 Å². The lowest BCUT2D eigenvalue weighted by Crippen LogP contribution is -2.38. The standard InChI is InChI=1S/C14H16F2N4O2/c1-17-14(19-9-11-4-6-22-20-11)18-5-7-21-13-3-2-10(15)8-12(13)16/h2-4,6,8H,5,7,9H2,1H3,(H2,17,18,19). The summed E-state index contributed by atoms with van der Waals surface area (Å²) in [5.41, 5.74) is 0.743. The summed E-state index contributed by atoms with van der Waals surface area (Å²) in [7, 11) is 1.62. The zero-order chi connectivity index (χ0) is 15.8. The second-order valence-electron chi connectivity index (χ2n) is 4.27. The van der Waals surface area contributed by atoms with Gasteiger partial charge < -0.3 is 19.9 Å². The largest absolute Gasteiger partial charge is 0.489 e. The van der Waals surface area contributed by atoms with Crippen molar-refractivity contribution < 1.29 is 18.0 Å². The molecule has 22 heavy (non-hydrogen) atoms. The Hall–Kier alpha value is -2.64. The van der Waals surface area contributed by atoms with Gasteiger partial charge in [-0.05, 0) is 12.1 Å². The van der Waals surface area contributed by atoms with Crippen molar-refractivity contribution in [3.8, 4) is 5.75 Å². The number of hydrogen-bond acceptors (Lipinski definition) is 4. The number of nitrogens with one attached hydrogen (secondary N) is 2. The first kappa shape index (κ1) is 15.7. The molecule has 0 spiro atoms. The third kappa shape index (κ3) is 4.72. The molecule has 0 amide bonds. The van der Waals surface area contributed by atoms with Gasteiger partial charge in [-0.1, -0.05) is 5.16 Å². The van der Waals surface area contributed by atoms with Gasteiger partial charge in [-0.25, -0.2) is 8.78 Å². The molecule has 1 heterocycles. The van der Waals surface area contributed by atoms with E-state index in [2.05, 4.69) is 20.8 Å². The van der Waals surface area contributed by atoms with Crippen LogP contribution in [0.5, 0.6) is 5.75 Å². The number of rotatable bonds is 6. The van der Waals surface area contributed by atoms with Crippen molar-refractivity contribution in [2.24, 2.45) is 4.99 Å². The highest BCUT2D eigenvalue weighted by atomic mass is 19.1. The van der Waals surface area contributed by atoms with E-state index < -0.39 is 11.6 Å². The molecule has 6 nitrogen and oxygen atoms in total. The molecule has 0 unspecified atom stereocenters. The minimum atomic E-state index is -0.728. The van der Waals surface area contributed by atoms with Crippen LogP contribution in [0, 0.1) is 11.6 Å². The number of nitrogens with zero attached hydrogens (tertiary/aromatic N) is 2. The zero-order valence-corrected chi connectivity index (χ0v) is 12.0. The normalized spacial score (nSPS) is 11.3. The summed E-state index contributed by atoms with van der Waals surface area (Å²) in [6.45, 7) is 1.06. The average molecular weight is 310 g/mol. The zero-order valence-electron chi connectivity index (χ0n) is 12.0. The van der Waals surface area contributed by atoms with Crippen LogP contribution in [0.4, 0.5) is 8.78 Å². The van der Waals surface area contributed by atoms with Crippen LogP contribution < -0.4 is 15.4 Å². The van der Waals surface area contributed by atoms with Gasteiger partial charge >= 0.3 is 0 Å². The highest BCUT2D eigenvalue weighted by Crippen LogP contribution is 2.17. The van der Waals surface area contributed by atoms with Gasteiger partial charge in [0, 0.05) is 19.2 Å². The Morgan fingerprint density at radius 1 is 1.32 bits per heavy atom. The quantitative estimate of drug-likeness (QED) is 0.483. The highest BCUT2D eigenvalue weighted by molar-refractivity contribution is 5.79. The molecule has 0 saturated carbocycles. The van der Waals surface area contributed by atoms with Crippen LogP contribution >= 0.6 is 0 Å². The van der Waals surface area contributed by atoms with Crippen molar-refractivity contribution in [1.29, 1.82) is 0 Å². The van der Waals surface area contributed by atoms with Crippen LogP contribution in [0.15, 0.2) is 40.0 Å². The maximum Gasteiger partial charge on any atom is 0.191 e. The van der Waals surface area contributed by atoms with Gasteiger partial charge in [-0.15, -0.1) is 0 Å². The Kier molecular flexibility index (Phi) is 5.70. The lowest BCUT2D eigenvalue weighted by Gasteiger charge is -2.12. The van der Waals surface area contributed by atoms with Crippen molar-refractivity contribution in [3.63, 3.8) is 0 Å². The van der Waals surface area contributed by atoms with Crippen LogP contribution in [0.1, 0.15) is 5.69 Å². The van der Waals surface area contributed by atoms with Crippen molar-refractivity contribution >= 4 is 5.96 Å². The van der Waals surface area contributed by atoms with Crippen molar-refractivity contribution in [1.82, 2.24) is 15.8 Å². The van der Waals surface area contributed by atoms with E-state index in [1.165, 1.54) is 12.3 Å². The molecule has 0 aliphatic rings. The second kappa shape index (κ2) is 7.96. The molecule has 2 aromatic rings. The van der Waals surface area contributed by atoms with E-state index in [0.29, 0.717) is 19.0 Å². The van der Waals surface area contributed by atoms with Gasteiger partial charge in [0.2, 0.25) is 0 Å². The number of ether oxygens (including phenoxy) is 1. The predicted octanol–water partition coefficient (Wildman–Crippen LogP) is 1.70. The number of aliphatic imine (C=N–C) groups is 1. The molecule has 1 aromatic heterocycles. The first-order valence-electron chi connectivity index (χ1n) is 6.60. The molecule has 0 aliphatic heterocycles. The van der Waals surface area contributed by atoms with Gasteiger partial charge in [0.1, 0.15) is 24.4 Å². The predicted molar refractivity (Wildman–Crippen MR) is 76.6 cm³/mol. The molecular weight excluding hydrogens is 294 g/mol. The maximum absolute atomic E-state index is 13.3. The van der Waals surface area contributed by atoms with Crippen LogP contribution in [-0.4, -0.2) is 31.3 Å². The molecule has 118 valence electrons. The van der Waals surface area contributed by atoms with E-state index >= 15 is 0 Å². The first-order chi connectivity index (χ1) is 10.7. The average Bonchev–Trinajstić information content (AvgIpc) is 3.01. The molecule has 0 aliphatic carbocycles. The fraction of sp³-hybridized carbons (Fsp3) is 0.286. The van der Waals surface area contributed by atoms with E-state index in [9.17, 15) is 8.78 Å². The summed E-state index contributed by atoms with van der Waals surface area (Å²) >= 11 is 0. The molecule has 0 saturated heterocycles. The third-order valence-corrected chi connectivity index (χ3v) is 2.70. The van der Waals surface area contributed by atoms with E-state index in [1.807, 2.05) is 0 Å². The van der Waals surface area contributed by atoms with Gasteiger partial charge in [0.25, 0.3) is 0 Å². The smallest absolute Gasteiger partial charge is 0.191 e. The fourth-order valence-electron chi connectivity index (χ4n) is 1.65. The van der Waals surface area contributed by atoms with Crippen LogP contribution in [0.2, 0.25) is 0 Å². The molecule has 8 heteroatoms. The fourth-order valence-corrected chi connectivity index (χ4v) is 1.65. The lowest BCUT2D eigenvalue weighted by molar-refractivity contribution is 0.304. The molecule has 0 radical (unpaired) electrons. The Labute approximate surface area is 126 Å². The highest BCUT2D eigenvalue weighted by Gasteiger charge is 2.05. The summed E-state index contributed by atoms with van der Waals surface area (Å²) in [4.78, 5) is 4.02. The number of aromatic nitrogens is 1. The van der Waals surface area contributed by atoms with Crippen molar-refractivity contribution in [3.05, 3.63) is 47.9 Å². The van der Waals surface area contributed by atoms with Crippen LogP contribution in [0.3, 0.4) is 0 Å². The first-order valence-corrected chi connectivity index (χ1v) is 6.60. The summed E-state index contributed by atoms with van der Waals surface area (Å²) in [5.74, 6) is -0.811. The van der Waals surface area contributed by atoms with Crippen LogP contribution in [0.25, 0.3) is 0 Å². The molecule has 1 aromatic carbocycles. The van der Waals surface area contributed by atoms with E-state index in [1.54, 1.807) is 13.1 Å². The van der Waals surface area contributed by atoms with Gasteiger partial charge in [-0.2, -0.15) is 0 Å². The van der Waals surface area contributed by atoms with Crippen molar-refractivity contribution in [2.75, 3.05) is 20.2 Å².